The minimum atomic E-state index is -0.224. The lowest BCUT2D eigenvalue weighted by Crippen LogP contribution is -2.31. The predicted molar refractivity (Wildman–Crippen MR) is 86.0 cm³/mol. The van der Waals surface area contributed by atoms with E-state index >= 15 is 0 Å². The highest BCUT2D eigenvalue weighted by molar-refractivity contribution is 7.80. The van der Waals surface area contributed by atoms with Gasteiger partial charge in [-0.25, -0.2) is 4.98 Å². The topological polar surface area (TPSA) is 48.5 Å². The van der Waals surface area contributed by atoms with Crippen LogP contribution < -0.4 is 10.2 Å². The Kier molecular flexibility index (Phi) is 4.05. The summed E-state index contributed by atoms with van der Waals surface area (Å²) < 4.78 is 0. The number of hydrogen-bond acceptors (Lipinski definition) is 4. The molecule has 2 aliphatic heterocycles. The zero-order valence-corrected chi connectivity index (χ0v) is 13.0. The quantitative estimate of drug-likeness (QED) is 0.861. The van der Waals surface area contributed by atoms with Crippen molar-refractivity contribution < 1.29 is 4.79 Å². The maximum atomic E-state index is 12.0. The van der Waals surface area contributed by atoms with Gasteiger partial charge in [0.2, 0.25) is 0 Å². The molecule has 3 rings (SSSR count). The maximum absolute atomic E-state index is 12.0. The van der Waals surface area contributed by atoms with Gasteiger partial charge in [-0.3, -0.25) is 9.69 Å². The molecular weight excluding hydrogens is 284 g/mol. The first-order valence-electron chi connectivity index (χ1n) is 7.47. The summed E-state index contributed by atoms with van der Waals surface area (Å²) in [5.74, 6) is 1.06. The van der Waals surface area contributed by atoms with Gasteiger partial charge in [0.15, 0.2) is 5.11 Å². The van der Waals surface area contributed by atoms with E-state index in [4.69, 9.17) is 12.2 Å². The average molecular weight is 304 g/mol. The Morgan fingerprint density at radius 2 is 2.10 bits per heavy atom. The number of carbonyl (C=O) groups excluding carboxylic acids is 1. The maximum Gasteiger partial charge on any atom is 0.251 e. The van der Waals surface area contributed by atoms with Gasteiger partial charge in [0.25, 0.3) is 5.91 Å². The second-order valence-electron chi connectivity index (χ2n) is 5.67. The molecule has 0 aliphatic carbocycles. The van der Waals surface area contributed by atoms with Crippen LogP contribution in [0.15, 0.2) is 18.3 Å². The molecule has 0 bridgehead atoms. The Morgan fingerprint density at radius 3 is 2.67 bits per heavy atom. The van der Waals surface area contributed by atoms with E-state index in [-0.39, 0.29) is 11.9 Å². The lowest BCUT2D eigenvalue weighted by molar-refractivity contribution is -0.127. The minimum absolute atomic E-state index is 0.0279. The number of aromatic nitrogens is 1. The Labute approximate surface area is 130 Å². The summed E-state index contributed by atoms with van der Waals surface area (Å²) in [6.07, 6.45) is 5.64. The van der Waals surface area contributed by atoms with Gasteiger partial charge in [0, 0.05) is 19.3 Å². The van der Waals surface area contributed by atoms with Crippen molar-refractivity contribution in [3.63, 3.8) is 0 Å². The van der Waals surface area contributed by atoms with Crippen molar-refractivity contribution >= 4 is 29.1 Å². The summed E-state index contributed by atoms with van der Waals surface area (Å²) in [4.78, 5) is 20.5. The molecule has 21 heavy (non-hydrogen) atoms. The second kappa shape index (κ2) is 5.97. The average Bonchev–Trinajstić information content (AvgIpc) is 2.75. The van der Waals surface area contributed by atoms with Crippen molar-refractivity contribution in [1.82, 2.24) is 15.2 Å². The molecule has 2 aliphatic rings. The highest BCUT2D eigenvalue weighted by Gasteiger charge is 2.31. The number of anilines is 1. The number of nitrogens with zero attached hydrogens (tertiary/aromatic N) is 3. The van der Waals surface area contributed by atoms with E-state index in [2.05, 4.69) is 15.2 Å². The molecule has 1 unspecified atom stereocenters. The molecule has 3 heterocycles. The van der Waals surface area contributed by atoms with Gasteiger partial charge >= 0.3 is 0 Å². The summed E-state index contributed by atoms with van der Waals surface area (Å²) in [5, 5.41) is 3.49. The van der Waals surface area contributed by atoms with Gasteiger partial charge in [0.05, 0.1) is 6.54 Å². The molecule has 5 nitrogen and oxygen atoms in total. The monoisotopic (exact) mass is 304 g/mol. The zero-order valence-electron chi connectivity index (χ0n) is 12.2. The van der Waals surface area contributed by atoms with Crippen LogP contribution in [-0.2, 0) is 11.3 Å². The van der Waals surface area contributed by atoms with Crippen molar-refractivity contribution in [3.8, 4) is 0 Å². The minimum Gasteiger partial charge on any atom is -0.357 e. The van der Waals surface area contributed by atoms with Crippen molar-refractivity contribution in [2.24, 2.45) is 0 Å². The zero-order chi connectivity index (χ0) is 14.8. The molecule has 1 atom stereocenters. The van der Waals surface area contributed by atoms with E-state index in [1.54, 1.807) is 4.90 Å². The first-order chi connectivity index (χ1) is 10.1. The molecule has 112 valence electrons. The third-order valence-electron chi connectivity index (χ3n) is 4.05. The summed E-state index contributed by atoms with van der Waals surface area (Å²) >= 11 is 5.19. The molecule has 0 saturated carbocycles. The molecular formula is C15H20N4OS. The van der Waals surface area contributed by atoms with E-state index < -0.39 is 0 Å². The van der Waals surface area contributed by atoms with Crippen LogP contribution in [0.2, 0.25) is 0 Å². The standard InChI is InChI=1S/C15H20N4OS/c1-11-14(20)19(15(21)17-11)10-12-5-6-13(16-9-12)18-7-3-2-4-8-18/h5-6,9,11H,2-4,7-8,10H2,1H3,(H,17,21). The number of nitrogens with one attached hydrogen (secondary N) is 1. The van der Waals surface area contributed by atoms with E-state index in [1.807, 2.05) is 25.3 Å². The van der Waals surface area contributed by atoms with Gasteiger partial charge < -0.3 is 10.2 Å². The van der Waals surface area contributed by atoms with Crippen LogP contribution in [0.5, 0.6) is 0 Å². The Balaban J connectivity index is 1.67. The number of pyridine rings is 1. The van der Waals surface area contributed by atoms with E-state index in [0.717, 1.165) is 24.5 Å². The SMILES string of the molecule is CC1NC(=S)N(Cc2ccc(N3CCCCC3)nc2)C1=O. The molecule has 0 spiro atoms. The van der Waals surface area contributed by atoms with Crippen LogP contribution in [0.4, 0.5) is 5.82 Å². The molecule has 0 radical (unpaired) electrons. The second-order valence-corrected chi connectivity index (χ2v) is 6.05. The molecule has 6 heteroatoms. The first kappa shape index (κ1) is 14.3. The van der Waals surface area contributed by atoms with Crippen LogP contribution in [0.1, 0.15) is 31.7 Å². The van der Waals surface area contributed by atoms with Crippen molar-refractivity contribution in [2.45, 2.75) is 38.8 Å². The van der Waals surface area contributed by atoms with Gasteiger partial charge in [0.1, 0.15) is 11.9 Å². The third kappa shape index (κ3) is 3.00. The fraction of sp³-hybridized carbons (Fsp3) is 0.533. The van der Waals surface area contributed by atoms with E-state index in [1.165, 1.54) is 19.3 Å². The van der Waals surface area contributed by atoms with Gasteiger partial charge in [-0.15, -0.1) is 0 Å². The summed E-state index contributed by atoms with van der Waals surface area (Å²) in [5.41, 5.74) is 1.00. The third-order valence-corrected chi connectivity index (χ3v) is 4.39. The number of carbonyl (C=O) groups is 1. The van der Waals surface area contributed by atoms with Crippen LogP contribution in [-0.4, -0.2) is 40.0 Å². The number of amides is 1. The number of thiocarbonyl (C=S) groups is 1. The Morgan fingerprint density at radius 1 is 1.33 bits per heavy atom. The molecule has 2 fully saturated rings. The van der Waals surface area contributed by atoms with E-state index in [9.17, 15) is 4.79 Å². The van der Waals surface area contributed by atoms with Gasteiger partial charge in [-0.2, -0.15) is 0 Å². The predicted octanol–water partition coefficient (Wildman–Crippen LogP) is 1.68. The first-order valence-corrected chi connectivity index (χ1v) is 7.88. The molecule has 2 saturated heterocycles. The lowest BCUT2D eigenvalue weighted by atomic mass is 10.1. The van der Waals surface area contributed by atoms with Crippen LogP contribution in [0.3, 0.4) is 0 Å². The number of piperidine rings is 1. The van der Waals surface area contributed by atoms with Crippen molar-refractivity contribution in [3.05, 3.63) is 23.9 Å². The highest BCUT2D eigenvalue weighted by atomic mass is 32.1. The fourth-order valence-corrected chi connectivity index (χ4v) is 3.14. The van der Waals surface area contributed by atoms with Crippen LogP contribution >= 0.6 is 12.2 Å². The lowest BCUT2D eigenvalue weighted by Gasteiger charge is -2.27. The number of hydrogen-bond donors (Lipinski definition) is 1. The van der Waals surface area contributed by atoms with Gasteiger partial charge in [-0.05, 0) is 50.0 Å². The van der Waals surface area contributed by atoms with E-state index in [0.29, 0.717) is 11.7 Å². The largest absolute Gasteiger partial charge is 0.357 e. The molecule has 1 amide bonds. The van der Waals surface area contributed by atoms with Crippen molar-refractivity contribution in [2.75, 3.05) is 18.0 Å². The fourth-order valence-electron chi connectivity index (χ4n) is 2.81. The van der Waals surface area contributed by atoms with Crippen LogP contribution in [0, 0.1) is 0 Å². The molecule has 1 aromatic heterocycles. The Hall–Kier alpha value is -1.69. The molecule has 1 N–H and O–H groups in total. The smallest absolute Gasteiger partial charge is 0.251 e. The van der Waals surface area contributed by atoms with Gasteiger partial charge in [-0.1, -0.05) is 6.07 Å². The number of rotatable bonds is 3. The Bertz CT molecular complexity index is 539. The summed E-state index contributed by atoms with van der Waals surface area (Å²) in [7, 11) is 0. The summed E-state index contributed by atoms with van der Waals surface area (Å²) in [6.45, 7) is 4.49. The molecule has 1 aromatic rings. The van der Waals surface area contributed by atoms with Crippen LogP contribution in [0.25, 0.3) is 0 Å². The normalized spacial score (nSPS) is 22.6. The highest BCUT2D eigenvalue weighted by Crippen LogP contribution is 2.18. The summed E-state index contributed by atoms with van der Waals surface area (Å²) in [6, 6.07) is 3.86. The molecule has 0 aromatic carbocycles. The van der Waals surface area contributed by atoms with Crippen molar-refractivity contribution in [1.29, 1.82) is 0 Å².